The molecular formula is C25H25FN6O2S. The molecule has 0 unspecified atom stereocenters. The molecular weight excluding hydrogens is 467 g/mol. The lowest BCUT2D eigenvalue weighted by Gasteiger charge is -2.25. The number of hydrogen-bond acceptors (Lipinski definition) is 7. The second-order valence-corrected chi connectivity index (χ2v) is 9.44. The van der Waals surface area contributed by atoms with Crippen LogP contribution in [0, 0.1) is 5.82 Å². The van der Waals surface area contributed by atoms with E-state index in [1.54, 1.807) is 0 Å². The van der Waals surface area contributed by atoms with Crippen molar-refractivity contribution in [3.63, 3.8) is 0 Å². The first-order chi connectivity index (χ1) is 17.0. The van der Waals surface area contributed by atoms with Crippen LogP contribution < -0.4 is 15.8 Å². The molecule has 4 aromatic rings. The minimum atomic E-state index is -0.451. The van der Waals surface area contributed by atoms with Gasteiger partial charge >= 0.3 is 0 Å². The van der Waals surface area contributed by atoms with Gasteiger partial charge in [0.15, 0.2) is 21.3 Å². The Morgan fingerprint density at radius 1 is 1.26 bits per heavy atom. The van der Waals surface area contributed by atoms with E-state index in [1.807, 2.05) is 49.1 Å². The lowest BCUT2D eigenvalue weighted by molar-refractivity contribution is -0.122. The molecule has 0 spiro atoms. The number of rotatable bonds is 6. The van der Waals surface area contributed by atoms with E-state index in [2.05, 4.69) is 20.3 Å². The van der Waals surface area contributed by atoms with Crippen molar-refractivity contribution in [1.29, 1.82) is 0 Å². The summed E-state index contributed by atoms with van der Waals surface area (Å²) >= 11 is 1.27. The minimum absolute atomic E-state index is 0.0679. The molecule has 0 bridgehead atoms. The lowest BCUT2D eigenvalue weighted by Crippen LogP contribution is -2.44. The molecule has 180 valence electrons. The standard InChI is InChI=1S/C25H25FN6O2S/c1-3-31-21(18-14-17(26)11-12-27-18)30-23-20(24(31)34)29-25(35-23)32-13-7-10-19(32)22(33)28-15(2)16-8-5-4-6-9-16/h4-6,8-9,11-12,14-15,19H,3,7,10,13H2,1-2H3,(H,28,33)/t15-,19-/m1/s1. The van der Waals surface area contributed by atoms with E-state index < -0.39 is 5.82 Å². The smallest absolute Gasteiger partial charge is 0.281 e. The molecule has 1 aliphatic rings. The largest absolute Gasteiger partial charge is 0.348 e. The van der Waals surface area contributed by atoms with Crippen molar-refractivity contribution >= 4 is 32.7 Å². The van der Waals surface area contributed by atoms with Gasteiger partial charge in [0.1, 0.15) is 17.6 Å². The van der Waals surface area contributed by atoms with Crippen molar-refractivity contribution in [1.82, 2.24) is 24.8 Å². The first-order valence-electron chi connectivity index (χ1n) is 11.6. The summed E-state index contributed by atoms with van der Waals surface area (Å²) in [5, 5.41) is 3.69. The zero-order valence-corrected chi connectivity index (χ0v) is 20.3. The maximum atomic E-state index is 13.8. The van der Waals surface area contributed by atoms with Crippen LogP contribution in [-0.4, -0.2) is 38.0 Å². The van der Waals surface area contributed by atoms with E-state index in [1.165, 1.54) is 34.2 Å². The Bertz CT molecular complexity index is 1440. The minimum Gasteiger partial charge on any atom is -0.348 e. The van der Waals surface area contributed by atoms with Crippen LogP contribution in [0.2, 0.25) is 0 Å². The summed E-state index contributed by atoms with van der Waals surface area (Å²) in [5.41, 5.74) is 1.26. The van der Waals surface area contributed by atoms with Gasteiger partial charge in [0, 0.05) is 25.4 Å². The average Bonchev–Trinajstić information content (AvgIpc) is 3.52. The van der Waals surface area contributed by atoms with Gasteiger partial charge in [-0.1, -0.05) is 41.7 Å². The highest BCUT2D eigenvalue weighted by atomic mass is 32.1. The van der Waals surface area contributed by atoms with Crippen molar-refractivity contribution in [2.24, 2.45) is 0 Å². The van der Waals surface area contributed by atoms with Gasteiger partial charge in [0.25, 0.3) is 5.56 Å². The lowest BCUT2D eigenvalue weighted by atomic mass is 10.1. The zero-order chi connectivity index (χ0) is 24.5. The van der Waals surface area contributed by atoms with E-state index in [0.717, 1.165) is 12.0 Å². The summed E-state index contributed by atoms with van der Waals surface area (Å²) in [6.07, 6.45) is 2.90. The number of nitrogens with zero attached hydrogens (tertiary/aromatic N) is 5. The predicted molar refractivity (Wildman–Crippen MR) is 134 cm³/mol. The SMILES string of the molecule is CCn1c(-c2cc(F)ccn2)nc2sc(N3CCC[C@@H]3C(=O)N[C@H](C)c3ccccc3)nc2c1=O. The number of fused-ring (bicyclic) bond motifs is 1. The second-order valence-electron chi connectivity index (χ2n) is 8.49. The highest BCUT2D eigenvalue weighted by molar-refractivity contribution is 7.21. The van der Waals surface area contributed by atoms with Crippen LogP contribution in [0.3, 0.4) is 0 Å². The van der Waals surface area contributed by atoms with Crippen molar-refractivity contribution < 1.29 is 9.18 Å². The highest BCUT2D eigenvalue weighted by Crippen LogP contribution is 2.33. The van der Waals surface area contributed by atoms with Gasteiger partial charge in [-0.15, -0.1) is 0 Å². The molecule has 1 fully saturated rings. The van der Waals surface area contributed by atoms with Gasteiger partial charge in [0.2, 0.25) is 5.91 Å². The Hall–Kier alpha value is -3.66. The number of aromatic nitrogens is 4. The molecule has 0 radical (unpaired) electrons. The number of benzene rings is 1. The van der Waals surface area contributed by atoms with E-state index >= 15 is 0 Å². The molecule has 1 saturated heterocycles. The second kappa shape index (κ2) is 9.53. The zero-order valence-electron chi connectivity index (χ0n) is 19.4. The molecule has 8 nitrogen and oxygen atoms in total. The van der Waals surface area contributed by atoms with Gasteiger partial charge in [-0.2, -0.15) is 0 Å². The Balaban J connectivity index is 1.47. The van der Waals surface area contributed by atoms with E-state index in [-0.39, 0.29) is 34.8 Å². The number of carbonyl (C=O) groups is 1. The average molecular weight is 493 g/mol. The summed E-state index contributed by atoms with van der Waals surface area (Å²) in [7, 11) is 0. The summed E-state index contributed by atoms with van der Waals surface area (Å²) < 4.78 is 15.3. The van der Waals surface area contributed by atoms with Crippen LogP contribution in [0.25, 0.3) is 21.9 Å². The molecule has 5 rings (SSSR count). The molecule has 0 aliphatic carbocycles. The number of amides is 1. The van der Waals surface area contributed by atoms with Crippen molar-refractivity contribution in [3.05, 3.63) is 70.4 Å². The third-order valence-corrected chi connectivity index (χ3v) is 7.22. The van der Waals surface area contributed by atoms with Gasteiger partial charge in [0.05, 0.1) is 6.04 Å². The normalized spacial score (nSPS) is 16.5. The number of thiazole rings is 1. The van der Waals surface area contributed by atoms with Gasteiger partial charge in [-0.3, -0.25) is 19.1 Å². The topological polar surface area (TPSA) is 93.0 Å². The van der Waals surface area contributed by atoms with Crippen molar-refractivity contribution in [2.45, 2.75) is 45.3 Å². The highest BCUT2D eigenvalue weighted by Gasteiger charge is 2.34. The Morgan fingerprint density at radius 2 is 2.06 bits per heavy atom. The Labute approximate surface area is 205 Å². The molecule has 1 amide bonds. The van der Waals surface area contributed by atoms with Crippen LogP contribution >= 0.6 is 11.3 Å². The van der Waals surface area contributed by atoms with Crippen LogP contribution in [0.4, 0.5) is 9.52 Å². The number of pyridine rings is 1. The van der Waals surface area contributed by atoms with E-state index in [4.69, 9.17) is 0 Å². The van der Waals surface area contributed by atoms with Crippen LogP contribution in [0.1, 0.15) is 38.3 Å². The van der Waals surface area contributed by atoms with Gasteiger partial charge in [-0.25, -0.2) is 14.4 Å². The third kappa shape index (κ3) is 4.41. The van der Waals surface area contributed by atoms with Gasteiger partial charge in [-0.05, 0) is 38.3 Å². The fraction of sp³-hybridized carbons (Fsp3) is 0.320. The Morgan fingerprint density at radius 3 is 2.80 bits per heavy atom. The van der Waals surface area contributed by atoms with Crippen molar-refractivity contribution in [3.8, 4) is 11.5 Å². The van der Waals surface area contributed by atoms with Crippen LogP contribution in [0.15, 0.2) is 53.5 Å². The van der Waals surface area contributed by atoms with Crippen LogP contribution in [-0.2, 0) is 11.3 Å². The van der Waals surface area contributed by atoms with Crippen LogP contribution in [0.5, 0.6) is 0 Å². The number of anilines is 1. The molecule has 2 atom stereocenters. The molecule has 0 saturated carbocycles. The monoisotopic (exact) mass is 492 g/mol. The molecule has 35 heavy (non-hydrogen) atoms. The maximum absolute atomic E-state index is 13.8. The number of hydrogen-bond donors (Lipinski definition) is 1. The fourth-order valence-electron chi connectivity index (χ4n) is 4.44. The number of nitrogens with one attached hydrogen (secondary N) is 1. The summed E-state index contributed by atoms with van der Waals surface area (Å²) in [5.74, 6) is -0.221. The summed E-state index contributed by atoms with van der Waals surface area (Å²) in [6.45, 7) is 4.79. The molecule has 3 aromatic heterocycles. The summed E-state index contributed by atoms with van der Waals surface area (Å²) in [6, 6.07) is 11.8. The molecule has 1 aliphatic heterocycles. The first-order valence-corrected chi connectivity index (χ1v) is 12.4. The van der Waals surface area contributed by atoms with Gasteiger partial charge < -0.3 is 10.2 Å². The first kappa shape index (κ1) is 23.1. The molecule has 1 aromatic carbocycles. The fourth-order valence-corrected chi connectivity index (χ4v) is 5.45. The van der Waals surface area contributed by atoms with Crippen molar-refractivity contribution in [2.75, 3.05) is 11.4 Å². The van der Waals surface area contributed by atoms with E-state index in [0.29, 0.717) is 35.3 Å². The summed E-state index contributed by atoms with van der Waals surface area (Å²) in [4.78, 5) is 42.2. The maximum Gasteiger partial charge on any atom is 0.281 e. The predicted octanol–water partition coefficient (Wildman–Crippen LogP) is 3.92. The van der Waals surface area contributed by atoms with E-state index in [9.17, 15) is 14.0 Å². The molecule has 4 heterocycles. The number of halogens is 1. The Kier molecular flexibility index (Phi) is 6.29. The third-order valence-electron chi connectivity index (χ3n) is 6.24. The number of carbonyl (C=O) groups excluding carboxylic acids is 1. The molecule has 10 heteroatoms. The quantitative estimate of drug-likeness (QED) is 0.439. The molecule has 1 N–H and O–H groups in total.